The van der Waals surface area contributed by atoms with Gasteiger partial charge in [0.1, 0.15) is 13.2 Å². The van der Waals surface area contributed by atoms with Crippen LogP contribution in [0.15, 0.2) is 75.7 Å². The molecule has 4 aliphatic heterocycles. The highest BCUT2D eigenvalue weighted by Crippen LogP contribution is 2.44. The number of carbonyl (C=O) groups is 2. The van der Waals surface area contributed by atoms with Gasteiger partial charge in [0, 0.05) is 42.4 Å². The maximum absolute atomic E-state index is 13.6. The van der Waals surface area contributed by atoms with Gasteiger partial charge in [0.15, 0.2) is 23.0 Å². The zero-order valence-corrected chi connectivity index (χ0v) is 33.4. The molecule has 0 aliphatic carbocycles. The zero-order valence-electron chi connectivity index (χ0n) is 31.8. The summed E-state index contributed by atoms with van der Waals surface area (Å²) in [6.07, 6.45) is 11.5. The third kappa shape index (κ3) is 7.38. The van der Waals surface area contributed by atoms with E-state index in [9.17, 15) is 9.59 Å². The molecule has 2 atom stereocenters. The number of rotatable bonds is 11. The lowest BCUT2D eigenvalue weighted by molar-refractivity contribution is 0.0769. The Balaban J connectivity index is 1.14. The van der Waals surface area contributed by atoms with E-state index in [2.05, 4.69) is 50.5 Å². The molecule has 4 heterocycles. The van der Waals surface area contributed by atoms with Gasteiger partial charge in [-0.15, -0.1) is 0 Å². The van der Waals surface area contributed by atoms with E-state index >= 15 is 0 Å². The van der Waals surface area contributed by atoms with Crippen molar-refractivity contribution in [3.05, 3.63) is 93.6 Å². The predicted molar refractivity (Wildman–Crippen MR) is 218 cm³/mol. The molecule has 282 valence electrons. The largest absolute Gasteiger partial charge is 0.493 e. The molecule has 3 aromatic carbocycles. The van der Waals surface area contributed by atoms with Crippen molar-refractivity contribution in [3.8, 4) is 23.0 Å². The summed E-state index contributed by atoms with van der Waals surface area (Å²) in [4.78, 5) is 40.4. The molecule has 54 heavy (non-hydrogen) atoms. The number of aliphatic imine (C=N–C) groups is 2. The molecule has 4 aliphatic rings. The van der Waals surface area contributed by atoms with Gasteiger partial charge in [-0.3, -0.25) is 19.6 Å². The molecule has 0 radical (unpaired) electrons. The Morgan fingerprint density at radius 1 is 0.722 bits per heavy atom. The van der Waals surface area contributed by atoms with Crippen molar-refractivity contribution in [3.63, 3.8) is 0 Å². The zero-order chi connectivity index (χ0) is 38.1. The van der Waals surface area contributed by atoms with Crippen LogP contribution in [-0.4, -0.2) is 79.7 Å². The van der Waals surface area contributed by atoms with E-state index in [1.807, 2.05) is 36.1 Å². The summed E-state index contributed by atoms with van der Waals surface area (Å²) >= 11 is 0. The maximum Gasteiger partial charge on any atom is 0.257 e. The molecule has 0 bridgehead atoms. The van der Waals surface area contributed by atoms with Crippen LogP contribution in [-0.2, 0) is 18.0 Å². The van der Waals surface area contributed by atoms with Gasteiger partial charge in [-0.25, -0.2) is 0 Å². The van der Waals surface area contributed by atoms with E-state index in [0.29, 0.717) is 58.6 Å². The van der Waals surface area contributed by atoms with Crippen molar-refractivity contribution in [2.45, 2.75) is 70.6 Å². The number of methoxy groups -OCH3 is 2. The quantitative estimate of drug-likeness (QED) is 0.141. The molecule has 7 rings (SSSR count). The van der Waals surface area contributed by atoms with Crippen LogP contribution in [0, 0.1) is 0 Å². The number of amides is 2. The Labute approximate surface area is 325 Å². The highest BCUT2D eigenvalue weighted by atomic mass is 33.1. The summed E-state index contributed by atoms with van der Waals surface area (Å²) < 4.78 is 24.1. The van der Waals surface area contributed by atoms with Gasteiger partial charge in [-0.05, 0) is 81.7 Å². The monoisotopic (exact) mass is 766 g/mol. The van der Waals surface area contributed by atoms with E-state index in [0.717, 1.165) is 29.5 Å². The Kier molecular flexibility index (Phi) is 10.9. The van der Waals surface area contributed by atoms with E-state index in [-0.39, 0.29) is 41.9 Å². The minimum absolute atomic E-state index is 0.0621. The first kappa shape index (κ1) is 37.6. The highest BCUT2D eigenvalue weighted by Gasteiger charge is 2.36. The van der Waals surface area contributed by atoms with Crippen LogP contribution in [0.3, 0.4) is 0 Å². The highest BCUT2D eigenvalue weighted by molar-refractivity contribution is 8.76. The molecule has 3 aromatic rings. The Hall–Kier alpha value is -4.68. The van der Waals surface area contributed by atoms with Crippen molar-refractivity contribution < 1.29 is 28.5 Å². The lowest BCUT2D eigenvalue weighted by atomic mass is 9.97. The van der Waals surface area contributed by atoms with Crippen LogP contribution in [0.5, 0.6) is 23.0 Å². The Morgan fingerprint density at radius 2 is 1.19 bits per heavy atom. The first-order valence-electron chi connectivity index (χ1n) is 18.1. The van der Waals surface area contributed by atoms with Gasteiger partial charge in [0.2, 0.25) is 0 Å². The minimum Gasteiger partial charge on any atom is -0.493 e. The average molecular weight is 767 g/mol. The molecule has 0 unspecified atom stereocenters. The van der Waals surface area contributed by atoms with Crippen LogP contribution >= 0.6 is 21.6 Å². The van der Waals surface area contributed by atoms with Gasteiger partial charge >= 0.3 is 0 Å². The van der Waals surface area contributed by atoms with Gasteiger partial charge in [-0.1, -0.05) is 57.0 Å². The standard InChI is InChI=1S/C42H46N4O6S2/c1-8-25-13-30-19-43-34-17-38(36(49-5)15-32(34)40(47)45(30)21-25)51-23-27-10-28(12-29(11-27)42(3,4)54-53-7)24-52-39-18-35-33(16-37(39)50-6)41(48)46-22-26(9-2)14-31(46)20-44-35/h8-12,15-20,30-31H,13-14,21-24H2,1-7H3/b25-8+,26-9+/t30-,31-/m0/s1. The summed E-state index contributed by atoms with van der Waals surface area (Å²) in [7, 11) is 6.65. The lowest BCUT2D eigenvalue weighted by Gasteiger charge is -2.25. The summed E-state index contributed by atoms with van der Waals surface area (Å²) in [5.74, 6) is 1.83. The molecule has 10 nitrogen and oxygen atoms in total. The van der Waals surface area contributed by atoms with E-state index in [1.54, 1.807) is 60.1 Å². The smallest absolute Gasteiger partial charge is 0.257 e. The second-order valence-corrected chi connectivity index (χ2v) is 17.3. The molecule has 2 saturated heterocycles. The molecular formula is C42H46N4O6S2. The Morgan fingerprint density at radius 3 is 1.59 bits per heavy atom. The molecule has 0 aromatic heterocycles. The summed E-state index contributed by atoms with van der Waals surface area (Å²) in [5, 5.41) is 0. The van der Waals surface area contributed by atoms with E-state index in [1.165, 1.54) is 11.1 Å². The second kappa shape index (κ2) is 15.6. The molecule has 0 N–H and O–H groups in total. The molecule has 12 heteroatoms. The fourth-order valence-corrected chi connectivity index (χ4v) is 9.55. The van der Waals surface area contributed by atoms with Gasteiger partial charge in [0.25, 0.3) is 11.8 Å². The number of hydrogen-bond acceptors (Lipinski definition) is 10. The molecule has 2 fully saturated rings. The summed E-state index contributed by atoms with van der Waals surface area (Å²) in [6.45, 7) is 10.1. The number of nitrogens with zero attached hydrogens (tertiary/aromatic N) is 4. The van der Waals surface area contributed by atoms with Gasteiger partial charge in [0.05, 0.1) is 48.8 Å². The normalized spacial score (nSPS) is 20.4. The number of allylic oxidation sites excluding steroid dienone is 2. The molecule has 2 amide bonds. The second-order valence-electron chi connectivity index (χ2n) is 14.3. The molecule has 0 saturated carbocycles. The van der Waals surface area contributed by atoms with Crippen LogP contribution in [0.1, 0.15) is 77.9 Å². The fourth-order valence-electron chi connectivity index (χ4n) is 7.39. The van der Waals surface area contributed by atoms with Crippen molar-refractivity contribution in [2.24, 2.45) is 9.98 Å². The van der Waals surface area contributed by atoms with E-state index in [4.69, 9.17) is 28.9 Å². The lowest BCUT2D eigenvalue weighted by Crippen LogP contribution is -2.35. The summed E-state index contributed by atoms with van der Waals surface area (Å²) in [5.41, 5.74) is 7.60. The number of carbonyl (C=O) groups excluding carboxylic acids is 2. The number of fused-ring (bicyclic) bond motifs is 4. The number of hydrogen-bond donors (Lipinski definition) is 0. The third-order valence-electron chi connectivity index (χ3n) is 10.5. The van der Waals surface area contributed by atoms with Gasteiger partial charge < -0.3 is 28.7 Å². The van der Waals surface area contributed by atoms with Crippen molar-refractivity contribution in [1.82, 2.24) is 9.80 Å². The maximum atomic E-state index is 13.6. The minimum atomic E-state index is -0.210. The predicted octanol–water partition coefficient (Wildman–Crippen LogP) is 8.86. The van der Waals surface area contributed by atoms with Crippen molar-refractivity contribution >= 4 is 57.2 Å². The first-order chi connectivity index (χ1) is 26.0. The first-order valence-corrected chi connectivity index (χ1v) is 20.6. The number of benzene rings is 3. The SMILES string of the molecule is C/C=C1\C[C@H]2C=Nc3cc(OCc4cc(COc5cc6c(cc5OC)C(=O)N5C/C(=C/C)C[C@H]5C=N6)cc(C(C)(C)SSC)c4)c(OC)cc3C(=O)N2C1. The summed E-state index contributed by atoms with van der Waals surface area (Å²) in [6, 6.07) is 13.3. The average Bonchev–Trinajstić information content (AvgIpc) is 3.75. The van der Waals surface area contributed by atoms with Crippen LogP contribution in [0.25, 0.3) is 0 Å². The van der Waals surface area contributed by atoms with E-state index < -0.39 is 0 Å². The fraction of sp³-hybridized carbons (Fsp3) is 0.381. The third-order valence-corrected chi connectivity index (χ3v) is 13.0. The molecule has 0 spiro atoms. The van der Waals surface area contributed by atoms with Crippen LogP contribution < -0.4 is 18.9 Å². The number of ether oxygens (including phenoxy) is 4. The van der Waals surface area contributed by atoms with Gasteiger partial charge in [-0.2, -0.15) is 0 Å². The van der Waals surface area contributed by atoms with Crippen LogP contribution in [0.4, 0.5) is 11.4 Å². The topological polar surface area (TPSA) is 102 Å². The van der Waals surface area contributed by atoms with Crippen molar-refractivity contribution in [1.29, 1.82) is 0 Å². The van der Waals surface area contributed by atoms with Crippen LogP contribution in [0.2, 0.25) is 0 Å². The Bertz CT molecular complexity index is 1970. The van der Waals surface area contributed by atoms with Crippen molar-refractivity contribution in [2.75, 3.05) is 33.6 Å². The molecular weight excluding hydrogens is 721 g/mol.